The first-order valence-corrected chi connectivity index (χ1v) is 8.56. The van der Waals surface area contributed by atoms with Crippen LogP contribution in [-0.4, -0.2) is 6.18 Å². The lowest BCUT2D eigenvalue weighted by Gasteiger charge is -2.25. The Labute approximate surface area is 154 Å². The summed E-state index contributed by atoms with van der Waals surface area (Å²) in [7, 11) is 0. The lowest BCUT2D eigenvalue weighted by molar-refractivity contribution is -0.0932. The molecular formula is C20H15Cl2F3. The molecule has 0 nitrogen and oxygen atoms in total. The third-order valence-electron chi connectivity index (χ3n) is 4.23. The van der Waals surface area contributed by atoms with Gasteiger partial charge in [0.2, 0.25) is 0 Å². The molecule has 0 aliphatic heterocycles. The molecule has 2 aromatic carbocycles. The fraction of sp³-hybridized carbons (Fsp3) is 0.200. The topological polar surface area (TPSA) is 0 Å². The van der Waals surface area contributed by atoms with Crippen molar-refractivity contribution < 1.29 is 13.2 Å². The quantitative estimate of drug-likeness (QED) is 0.504. The summed E-state index contributed by atoms with van der Waals surface area (Å²) >= 11 is 12.0. The summed E-state index contributed by atoms with van der Waals surface area (Å²) in [5.41, 5.74) is 2.47. The van der Waals surface area contributed by atoms with Gasteiger partial charge in [0.25, 0.3) is 0 Å². The fourth-order valence-electron chi connectivity index (χ4n) is 3.01. The zero-order valence-electron chi connectivity index (χ0n) is 13.4. The van der Waals surface area contributed by atoms with Gasteiger partial charge in [0.1, 0.15) is 0 Å². The van der Waals surface area contributed by atoms with Crippen molar-refractivity contribution in [2.75, 3.05) is 0 Å². The maximum atomic E-state index is 13.7. The van der Waals surface area contributed by atoms with Crippen LogP contribution in [0.1, 0.15) is 29.5 Å². The van der Waals surface area contributed by atoms with Crippen molar-refractivity contribution in [3.63, 3.8) is 0 Å². The van der Waals surface area contributed by atoms with Crippen molar-refractivity contribution in [1.82, 2.24) is 0 Å². The molecule has 2 aromatic rings. The van der Waals surface area contributed by atoms with Gasteiger partial charge in [-0.15, -0.1) is 0 Å². The SMILES string of the molecule is Cc1ccc(C2=CCCC(C(F)(F)F)=C2c2ccc(Cl)c(Cl)c2)cc1. The molecule has 0 saturated heterocycles. The second-order valence-corrected chi connectivity index (χ2v) is 6.82. The van der Waals surface area contributed by atoms with E-state index in [1.165, 1.54) is 12.1 Å². The molecule has 0 radical (unpaired) electrons. The van der Waals surface area contributed by atoms with Crippen molar-refractivity contribution >= 4 is 34.3 Å². The van der Waals surface area contributed by atoms with Crippen molar-refractivity contribution in [1.29, 1.82) is 0 Å². The van der Waals surface area contributed by atoms with Gasteiger partial charge in [0.15, 0.2) is 0 Å². The number of hydrogen-bond acceptors (Lipinski definition) is 0. The monoisotopic (exact) mass is 382 g/mol. The average Bonchev–Trinajstić information content (AvgIpc) is 2.57. The van der Waals surface area contributed by atoms with E-state index < -0.39 is 11.7 Å². The summed E-state index contributed by atoms with van der Waals surface area (Å²) in [5.74, 6) is 0. The van der Waals surface area contributed by atoms with Gasteiger partial charge in [-0.1, -0.05) is 65.2 Å². The number of alkyl halides is 3. The molecule has 0 bridgehead atoms. The first-order valence-electron chi connectivity index (χ1n) is 7.80. The Morgan fingerprint density at radius 1 is 0.880 bits per heavy atom. The summed E-state index contributed by atoms with van der Waals surface area (Å²) < 4.78 is 41.0. The van der Waals surface area contributed by atoms with E-state index in [9.17, 15) is 13.2 Å². The van der Waals surface area contributed by atoms with E-state index in [1.807, 2.05) is 37.3 Å². The Hall–Kier alpha value is -1.71. The van der Waals surface area contributed by atoms with Crippen LogP contribution < -0.4 is 0 Å². The number of hydrogen-bond donors (Lipinski definition) is 0. The summed E-state index contributed by atoms with van der Waals surface area (Å²) in [6, 6.07) is 12.1. The van der Waals surface area contributed by atoms with E-state index in [4.69, 9.17) is 23.2 Å². The molecule has 0 spiro atoms. The highest BCUT2D eigenvalue weighted by Gasteiger charge is 2.38. The smallest absolute Gasteiger partial charge is 0.166 e. The first kappa shape index (κ1) is 18.1. The van der Waals surface area contributed by atoms with E-state index in [0.717, 1.165) is 11.1 Å². The van der Waals surface area contributed by atoms with Gasteiger partial charge in [-0.2, -0.15) is 13.2 Å². The minimum Gasteiger partial charge on any atom is -0.166 e. The molecule has 0 unspecified atom stereocenters. The Kier molecular flexibility index (Phi) is 4.99. The highest BCUT2D eigenvalue weighted by molar-refractivity contribution is 6.42. The molecule has 0 atom stereocenters. The van der Waals surface area contributed by atoms with Gasteiger partial charge in [-0.05, 0) is 54.2 Å². The predicted octanol–water partition coefficient (Wildman–Crippen LogP) is 7.50. The predicted molar refractivity (Wildman–Crippen MR) is 97.8 cm³/mol. The summed E-state index contributed by atoms with van der Waals surface area (Å²) in [6.45, 7) is 1.94. The fourth-order valence-corrected chi connectivity index (χ4v) is 3.31. The van der Waals surface area contributed by atoms with Crippen LogP contribution in [0.5, 0.6) is 0 Å². The van der Waals surface area contributed by atoms with Gasteiger partial charge in [-0.3, -0.25) is 0 Å². The number of allylic oxidation sites excluding steroid dienone is 4. The van der Waals surface area contributed by atoms with Crippen LogP contribution >= 0.6 is 23.2 Å². The molecule has 1 aliphatic carbocycles. The van der Waals surface area contributed by atoms with Crippen molar-refractivity contribution in [3.05, 3.63) is 80.8 Å². The number of aryl methyl sites for hydroxylation is 1. The van der Waals surface area contributed by atoms with E-state index in [0.29, 0.717) is 22.6 Å². The van der Waals surface area contributed by atoms with Gasteiger partial charge in [0.05, 0.1) is 10.0 Å². The Balaban J connectivity index is 2.23. The molecule has 0 saturated carbocycles. The van der Waals surface area contributed by atoms with Crippen molar-refractivity contribution in [2.45, 2.75) is 25.9 Å². The minimum absolute atomic E-state index is 0.0472. The van der Waals surface area contributed by atoms with Gasteiger partial charge >= 0.3 is 6.18 Å². The number of rotatable bonds is 2. The maximum Gasteiger partial charge on any atom is 0.413 e. The first-order chi connectivity index (χ1) is 11.8. The van der Waals surface area contributed by atoms with E-state index in [2.05, 4.69) is 0 Å². The standard InChI is InChI=1S/C20H15Cl2F3/c1-12-5-7-13(8-6-12)15-3-2-4-16(20(23,24)25)19(15)14-9-10-17(21)18(22)11-14/h3,5-11H,2,4H2,1H3. The summed E-state index contributed by atoms with van der Waals surface area (Å²) in [4.78, 5) is 0. The molecule has 0 fully saturated rings. The third kappa shape index (κ3) is 3.78. The lowest BCUT2D eigenvalue weighted by Crippen LogP contribution is -2.17. The maximum absolute atomic E-state index is 13.7. The molecule has 130 valence electrons. The molecule has 25 heavy (non-hydrogen) atoms. The van der Waals surface area contributed by atoms with E-state index in [-0.39, 0.29) is 17.0 Å². The van der Waals surface area contributed by atoms with E-state index >= 15 is 0 Å². The molecule has 3 rings (SSSR count). The second kappa shape index (κ2) is 6.89. The van der Waals surface area contributed by atoms with Crippen LogP contribution in [0.3, 0.4) is 0 Å². The molecule has 0 N–H and O–H groups in total. The summed E-state index contributed by atoms with van der Waals surface area (Å²) in [5, 5.41) is 0.554. The zero-order valence-corrected chi connectivity index (χ0v) is 14.9. The van der Waals surface area contributed by atoms with Crippen molar-refractivity contribution in [2.24, 2.45) is 0 Å². The van der Waals surface area contributed by atoms with Crippen LogP contribution in [0.2, 0.25) is 10.0 Å². The highest BCUT2D eigenvalue weighted by Crippen LogP contribution is 2.46. The number of benzene rings is 2. The Morgan fingerprint density at radius 3 is 2.12 bits per heavy atom. The normalized spacial score (nSPS) is 15.4. The molecule has 0 amide bonds. The van der Waals surface area contributed by atoms with Crippen LogP contribution in [0.25, 0.3) is 11.1 Å². The van der Waals surface area contributed by atoms with Gasteiger partial charge < -0.3 is 0 Å². The van der Waals surface area contributed by atoms with Crippen LogP contribution in [-0.2, 0) is 0 Å². The second-order valence-electron chi connectivity index (χ2n) is 6.00. The zero-order chi connectivity index (χ0) is 18.2. The Morgan fingerprint density at radius 2 is 1.52 bits per heavy atom. The van der Waals surface area contributed by atoms with Crippen LogP contribution in [0.15, 0.2) is 54.1 Å². The highest BCUT2D eigenvalue weighted by atomic mass is 35.5. The van der Waals surface area contributed by atoms with Gasteiger partial charge in [0, 0.05) is 5.57 Å². The molecule has 0 aromatic heterocycles. The number of halogens is 5. The lowest BCUT2D eigenvalue weighted by atomic mass is 9.82. The average molecular weight is 383 g/mol. The minimum atomic E-state index is -4.40. The molecule has 1 aliphatic rings. The largest absolute Gasteiger partial charge is 0.413 e. The molecule has 5 heteroatoms. The Bertz CT molecular complexity index is 860. The molecule has 0 heterocycles. The summed E-state index contributed by atoms with van der Waals surface area (Å²) in [6.07, 6.45) is -2.24. The van der Waals surface area contributed by atoms with Crippen LogP contribution in [0, 0.1) is 6.92 Å². The third-order valence-corrected chi connectivity index (χ3v) is 4.97. The van der Waals surface area contributed by atoms with E-state index in [1.54, 1.807) is 6.07 Å². The van der Waals surface area contributed by atoms with Crippen LogP contribution in [0.4, 0.5) is 13.2 Å². The van der Waals surface area contributed by atoms with Gasteiger partial charge in [-0.25, -0.2) is 0 Å². The van der Waals surface area contributed by atoms with Crippen molar-refractivity contribution in [3.8, 4) is 0 Å². The molecular weight excluding hydrogens is 368 g/mol.